The third-order valence-corrected chi connectivity index (χ3v) is 11.1. The first-order valence-electron chi connectivity index (χ1n) is 19.3. The molecule has 57 heavy (non-hydrogen) atoms. The van der Waals surface area contributed by atoms with E-state index in [2.05, 4.69) is 181 Å². The summed E-state index contributed by atoms with van der Waals surface area (Å²) in [4.78, 5) is 2.32. The van der Waals surface area contributed by atoms with Crippen molar-refractivity contribution in [1.29, 1.82) is 0 Å². The molecule has 0 atom stereocenters. The van der Waals surface area contributed by atoms with E-state index in [0.717, 1.165) is 50.5 Å². The lowest BCUT2D eigenvalue weighted by Crippen LogP contribution is -2.09. The molecule has 0 saturated heterocycles. The molecule has 0 amide bonds. The van der Waals surface area contributed by atoms with Crippen LogP contribution in [0.25, 0.3) is 65.7 Å². The van der Waals surface area contributed by atoms with Crippen LogP contribution in [-0.4, -0.2) is 0 Å². The van der Waals surface area contributed by atoms with Gasteiger partial charge in [0.05, 0.1) is 5.39 Å². The minimum Gasteiger partial charge on any atom is -0.453 e. The maximum Gasteiger partial charge on any atom is 0.177 e. The highest BCUT2D eigenvalue weighted by Crippen LogP contribution is 2.50. The summed E-state index contributed by atoms with van der Waals surface area (Å²) < 4.78 is 13.2. The van der Waals surface area contributed by atoms with Crippen LogP contribution >= 0.6 is 0 Å². The van der Waals surface area contributed by atoms with Crippen LogP contribution in [0.2, 0.25) is 0 Å². The minimum absolute atomic E-state index is 0.694. The molecule has 0 unspecified atom stereocenters. The number of anilines is 3. The van der Waals surface area contributed by atoms with Gasteiger partial charge in [-0.15, -0.1) is 0 Å². The van der Waals surface area contributed by atoms with Crippen LogP contribution in [0, 0.1) is 0 Å². The quantitative estimate of drug-likeness (QED) is 0.159. The largest absolute Gasteiger partial charge is 0.453 e. The van der Waals surface area contributed by atoms with Gasteiger partial charge < -0.3 is 14.4 Å². The van der Waals surface area contributed by atoms with Gasteiger partial charge in [-0.25, -0.2) is 0 Å². The summed E-state index contributed by atoms with van der Waals surface area (Å²) in [5.74, 6) is 2.98. The zero-order valence-electron chi connectivity index (χ0n) is 31.0. The second kappa shape index (κ2) is 13.6. The molecule has 0 aromatic heterocycles. The maximum atomic E-state index is 6.69. The van der Waals surface area contributed by atoms with Gasteiger partial charge in [-0.2, -0.15) is 0 Å². The number of hydrogen-bond acceptors (Lipinski definition) is 3. The standard InChI is InChI=1S/C54H35NO2/c1-2-11-36(12-3-1)37-23-29-42(30-24-37)55(44-33-27-39(28-34-44)49-35-41-13-4-5-16-45(41)47-17-6-7-18-48(47)49)43-31-25-38(26-32-43)46-19-10-22-52-54(46)57-51-21-9-15-40-14-8-20-50(56-52)53(40)51/h1-35H. The Hall–Kier alpha value is -7.62. The van der Waals surface area contributed by atoms with Crippen molar-refractivity contribution in [1.82, 2.24) is 0 Å². The van der Waals surface area contributed by atoms with Crippen LogP contribution in [0.1, 0.15) is 0 Å². The Morgan fingerprint density at radius 3 is 1.47 bits per heavy atom. The average molecular weight is 730 g/mol. The highest BCUT2D eigenvalue weighted by atomic mass is 16.5. The molecule has 0 bridgehead atoms. The summed E-state index contributed by atoms with van der Waals surface area (Å²) in [6, 6.07) is 75.1. The molecular formula is C54H35NO2. The lowest BCUT2D eigenvalue weighted by atomic mass is 9.93. The van der Waals surface area contributed by atoms with Crippen molar-refractivity contribution >= 4 is 49.4 Å². The first-order chi connectivity index (χ1) is 28.2. The van der Waals surface area contributed by atoms with Crippen molar-refractivity contribution in [3.05, 3.63) is 212 Å². The van der Waals surface area contributed by atoms with Gasteiger partial charge in [0.2, 0.25) is 0 Å². The van der Waals surface area contributed by atoms with E-state index in [1.165, 1.54) is 43.8 Å². The molecular weight excluding hydrogens is 695 g/mol. The van der Waals surface area contributed by atoms with E-state index in [1.807, 2.05) is 36.4 Å². The average Bonchev–Trinajstić information content (AvgIpc) is 3.45. The smallest absolute Gasteiger partial charge is 0.177 e. The van der Waals surface area contributed by atoms with Gasteiger partial charge in [0.25, 0.3) is 0 Å². The Balaban J connectivity index is 0.990. The second-order valence-electron chi connectivity index (χ2n) is 14.5. The fourth-order valence-electron chi connectivity index (χ4n) is 8.35. The van der Waals surface area contributed by atoms with E-state index in [1.54, 1.807) is 0 Å². The van der Waals surface area contributed by atoms with Crippen molar-refractivity contribution in [2.45, 2.75) is 0 Å². The van der Waals surface area contributed by atoms with E-state index < -0.39 is 0 Å². The van der Waals surface area contributed by atoms with Crippen LogP contribution in [0.4, 0.5) is 17.1 Å². The fourth-order valence-corrected chi connectivity index (χ4v) is 8.35. The highest BCUT2D eigenvalue weighted by molar-refractivity contribution is 6.13. The van der Waals surface area contributed by atoms with Gasteiger partial charge in [0.15, 0.2) is 11.5 Å². The molecule has 0 N–H and O–H groups in total. The van der Waals surface area contributed by atoms with Crippen LogP contribution in [0.3, 0.4) is 0 Å². The number of ether oxygens (including phenoxy) is 2. The molecule has 1 heterocycles. The molecule has 10 aromatic carbocycles. The van der Waals surface area contributed by atoms with E-state index in [4.69, 9.17) is 9.47 Å². The third kappa shape index (κ3) is 5.76. The van der Waals surface area contributed by atoms with Crippen molar-refractivity contribution in [3.63, 3.8) is 0 Å². The minimum atomic E-state index is 0.694. The Kier molecular flexibility index (Phi) is 7.82. The molecule has 1 aliphatic rings. The summed E-state index contributed by atoms with van der Waals surface area (Å²) >= 11 is 0. The normalized spacial score (nSPS) is 11.8. The molecule has 0 fully saturated rings. The Morgan fingerprint density at radius 1 is 0.298 bits per heavy atom. The first-order valence-corrected chi connectivity index (χ1v) is 19.3. The number of benzene rings is 10. The first kappa shape index (κ1) is 32.8. The molecule has 268 valence electrons. The zero-order valence-corrected chi connectivity index (χ0v) is 31.0. The molecule has 1 aliphatic heterocycles. The van der Waals surface area contributed by atoms with E-state index in [-0.39, 0.29) is 0 Å². The SMILES string of the molecule is c1ccc(-c2ccc(N(c3ccc(-c4cccc5c4Oc4cccc6cccc(c46)O5)cc3)c3ccc(-c4cc5ccccc5c5ccccc45)cc3)cc2)cc1. The van der Waals surface area contributed by atoms with Crippen LogP contribution in [0.5, 0.6) is 23.0 Å². The van der Waals surface area contributed by atoms with Crippen LogP contribution in [-0.2, 0) is 0 Å². The van der Waals surface area contributed by atoms with Crippen LogP contribution in [0.15, 0.2) is 212 Å². The van der Waals surface area contributed by atoms with Gasteiger partial charge in [0, 0.05) is 22.6 Å². The van der Waals surface area contributed by atoms with Gasteiger partial charge in [-0.3, -0.25) is 0 Å². The zero-order chi connectivity index (χ0) is 37.7. The third-order valence-electron chi connectivity index (χ3n) is 11.1. The molecule has 0 saturated carbocycles. The Morgan fingerprint density at radius 2 is 0.789 bits per heavy atom. The lowest BCUT2D eigenvalue weighted by Gasteiger charge is -2.26. The predicted octanol–water partition coefficient (Wildman–Crippen LogP) is 15.5. The van der Waals surface area contributed by atoms with Gasteiger partial charge in [-0.05, 0) is 115 Å². The predicted molar refractivity (Wildman–Crippen MR) is 237 cm³/mol. The Labute approximate surface area is 331 Å². The van der Waals surface area contributed by atoms with E-state index in [9.17, 15) is 0 Å². The summed E-state index contributed by atoms with van der Waals surface area (Å²) in [5.41, 5.74) is 9.98. The van der Waals surface area contributed by atoms with Gasteiger partial charge in [0.1, 0.15) is 11.5 Å². The molecule has 3 heteroatoms. The number of nitrogens with zero attached hydrogens (tertiary/aromatic N) is 1. The molecule has 3 nitrogen and oxygen atoms in total. The topological polar surface area (TPSA) is 21.7 Å². The molecule has 0 spiro atoms. The van der Waals surface area contributed by atoms with Crippen molar-refractivity contribution in [2.24, 2.45) is 0 Å². The van der Waals surface area contributed by atoms with E-state index in [0.29, 0.717) is 11.5 Å². The number of rotatable bonds is 6. The van der Waals surface area contributed by atoms with Gasteiger partial charge in [-0.1, -0.05) is 152 Å². The number of para-hydroxylation sites is 1. The summed E-state index contributed by atoms with van der Waals surface area (Å²) in [6.07, 6.45) is 0. The second-order valence-corrected chi connectivity index (χ2v) is 14.5. The lowest BCUT2D eigenvalue weighted by molar-refractivity contribution is 0.440. The number of fused-ring (bicyclic) bond motifs is 4. The summed E-state index contributed by atoms with van der Waals surface area (Å²) in [6.45, 7) is 0. The monoisotopic (exact) mass is 729 g/mol. The van der Waals surface area contributed by atoms with Gasteiger partial charge >= 0.3 is 0 Å². The van der Waals surface area contributed by atoms with Crippen molar-refractivity contribution in [3.8, 4) is 56.4 Å². The maximum absolute atomic E-state index is 6.69. The molecule has 11 rings (SSSR count). The summed E-state index contributed by atoms with van der Waals surface area (Å²) in [7, 11) is 0. The van der Waals surface area contributed by atoms with Crippen molar-refractivity contribution < 1.29 is 9.47 Å². The van der Waals surface area contributed by atoms with Crippen LogP contribution < -0.4 is 14.4 Å². The molecule has 0 aliphatic carbocycles. The van der Waals surface area contributed by atoms with Crippen molar-refractivity contribution in [2.75, 3.05) is 4.90 Å². The molecule has 0 radical (unpaired) electrons. The molecule has 10 aromatic rings. The highest BCUT2D eigenvalue weighted by Gasteiger charge is 2.22. The fraction of sp³-hybridized carbons (Fsp3) is 0. The van der Waals surface area contributed by atoms with E-state index >= 15 is 0 Å². The number of hydrogen-bond donors (Lipinski definition) is 0. The summed E-state index contributed by atoms with van der Waals surface area (Å²) in [5, 5.41) is 7.09. The Bertz CT molecular complexity index is 3090.